The van der Waals surface area contributed by atoms with E-state index in [1.54, 1.807) is 0 Å². The van der Waals surface area contributed by atoms with E-state index in [1.807, 2.05) is 6.20 Å². The third-order valence-electron chi connectivity index (χ3n) is 7.81. The Morgan fingerprint density at radius 2 is 2.12 bits per heavy atom. The minimum atomic E-state index is 0.118. The van der Waals surface area contributed by atoms with Crippen LogP contribution in [0.5, 0.6) is 0 Å². The molecule has 0 spiro atoms. The fraction of sp³-hybridized carbons (Fsp3) is 0.609. The molecule has 1 aromatic heterocycles. The first-order chi connectivity index (χ1) is 12.6. The van der Waals surface area contributed by atoms with Crippen molar-refractivity contribution in [2.45, 2.75) is 58.9 Å². The quantitative estimate of drug-likeness (QED) is 0.835. The first-order valence-corrected chi connectivity index (χ1v) is 10.5. The summed E-state index contributed by atoms with van der Waals surface area (Å²) in [5.41, 5.74) is 3.62. The molecule has 1 aromatic carbocycles. The lowest BCUT2D eigenvalue weighted by Crippen LogP contribution is -2.50. The van der Waals surface area contributed by atoms with Gasteiger partial charge >= 0.3 is 0 Å². The molecule has 4 atom stereocenters. The number of nitrogens with one attached hydrogen (secondary N) is 1. The fourth-order valence-corrected chi connectivity index (χ4v) is 6.61. The van der Waals surface area contributed by atoms with Crippen molar-refractivity contribution >= 4 is 16.8 Å². The number of aryl methyl sites for hydroxylation is 2. The number of benzene rings is 1. The van der Waals surface area contributed by atoms with Crippen molar-refractivity contribution < 1.29 is 4.79 Å². The largest absolute Gasteiger partial charge is 0.351 e. The van der Waals surface area contributed by atoms with Gasteiger partial charge in [-0.25, -0.2) is 0 Å². The Kier molecular flexibility index (Phi) is 3.70. The highest BCUT2D eigenvalue weighted by atomic mass is 16.1. The molecule has 3 aliphatic rings. The standard InChI is InChI=1S/C23H30N2O/c1-3-25-13-19(18-11-15(2)6-7-20(18)25)22(26)24-14-23-9-4-5-16-12-17(8-10-23)21(16)23/h6-7,11,13,16-17,21H,3-5,8-10,12,14H2,1-2H3,(H,24,26). The van der Waals surface area contributed by atoms with Gasteiger partial charge in [0.05, 0.1) is 5.56 Å². The maximum atomic E-state index is 13.1. The van der Waals surface area contributed by atoms with Gasteiger partial charge in [0, 0.05) is 30.2 Å². The SMILES string of the molecule is CCn1cc(C(=O)NCC23CCCC4CC(CC2)C43)c2cc(C)ccc21. The summed E-state index contributed by atoms with van der Waals surface area (Å²) < 4.78 is 2.19. The summed E-state index contributed by atoms with van der Waals surface area (Å²) >= 11 is 0. The maximum Gasteiger partial charge on any atom is 0.253 e. The third-order valence-corrected chi connectivity index (χ3v) is 7.81. The summed E-state index contributed by atoms with van der Waals surface area (Å²) in [6, 6.07) is 6.43. The van der Waals surface area contributed by atoms with Gasteiger partial charge in [0.25, 0.3) is 5.91 Å². The van der Waals surface area contributed by atoms with Gasteiger partial charge in [-0.1, -0.05) is 24.5 Å². The van der Waals surface area contributed by atoms with E-state index in [0.717, 1.165) is 41.8 Å². The average molecular weight is 351 g/mol. The molecular weight excluding hydrogens is 320 g/mol. The molecule has 4 unspecified atom stereocenters. The van der Waals surface area contributed by atoms with Crippen molar-refractivity contribution in [3.8, 4) is 0 Å². The van der Waals surface area contributed by atoms with Crippen LogP contribution in [0.15, 0.2) is 24.4 Å². The molecule has 0 radical (unpaired) electrons. The molecular formula is C23H30N2O. The van der Waals surface area contributed by atoms with E-state index in [4.69, 9.17) is 0 Å². The predicted molar refractivity (Wildman–Crippen MR) is 105 cm³/mol. The zero-order chi connectivity index (χ0) is 17.9. The Balaban J connectivity index is 1.39. The van der Waals surface area contributed by atoms with Gasteiger partial charge < -0.3 is 9.88 Å². The summed E-state index contributed by atoms with van der Waals surface area (Å²) in [6.07, 6.45) is 10.3. The van der Waals surface area contributed by atoms with Crippen LogP contribution >= 0.6 is 0 Å². The van der Waals surface area contributed by atoms with Gasteiger partial charge in [-0.2, -0.15) is 0 Å². The zero-order valence-electron chi connectivity index (χ0n) is 16.1. The van der Waals surface area contributed by atoms with Crippen molar-refractivity contribution in [2.75, 3.05) is 6.54 Å². The van der Waals surface area contributed by atoms with E-state index >= 15 is 0 Å². The van der Waals surface area contributed by atoms with E-state index in [-0.39, 0.29) is 5.91 Å². The minimum Gasteiger partial charge on any atom is -0.351 e. The van der Waals surface area contributed by atoms with Crippen LogP contribution in [0.4, 0.5) is 0 Å². The Morgan fingerprint density at radius 1 is 1.27 bits per heavy atom. The molecule has 3 aliphatic carbocycles. The highest BCUT2D eigenvalue weighted by Crippen LogP contribution is 2.65. The van der Waals surface area contributed by atoms with E-state index < -0.39 is 0 Å². The molecule has 3 saturated carbocycles. The average Bonchev–Trinajstić information content (AvgIpc) is 3.15. The lowest BCUT2D eigenvalue weighted by molar-refractivity contribution is -0.0335. The van der Waals surface area contributed by atoms with Crippen LogP contribution in [0.2, 0.25) is 0 Å². The predicted octanol–water partition coefficient (Wildman–Crippen LogP) is 4.92. The van der Waals surface area contributed by atoms with Crippen LogP contribution < -0.4 is 5.32 Å². The number of fused-ring (bicyclic) bond motifs is 1. The summed E-state index contributed by atoms with van der Waals surface area (Å²) in [4.78, 5) is 13.1. The van der Waals surface area contributed by atoms with Crippen LogP contribution in [0.1, 0.15) is 61.4 Å². The second-order valence-corrected chi connectivity index (χ2v) is 9.11. The third kappa shape index (κ3) is 2.28. The van der Waals surface area contributed by atoms with Crippen molar-refractivity contribution in [1.82, 2.24) is 9.88 Å². The minimum absolute atomic E-state index is 0.118. The van der Waals surface area contributed by atoms with E-state index in [1.165, 1.54) is 49.6 Å². The van der Waals surface area contributed by atoms with E-state index in [2.05, 4.69) is 41.9 Å². The lowest BCUT2D eigenvalue weighted by atomic mass is 9.52. The van der Waals surface area contributed by atoms with Gasteiger partial charge in [-0.3, -0.25) is 4.79 Å². The number of aromatic nitrogens is 1. The highest BCUT2D eigenvalue weighted by molar-refractivity contribution is 6.07. The van der Waals surface area contributed by atoms with Crippen LogP contribution in [-0.4, -0.2) is 17.0 Å². The number of carbonyl (C=O) groups is 1. The zero-order valence-corrected chi connectivity index (χ0v) is 16.1. The van der Waals surface area contributed by atoms with Crippen molar-refractivity contribution in [2.24, 2.45) is 23.2 Å². The summed E-state index contributed by atoms with van der Waals surface area (Å²) in [6.45, 7) is 6.01. The number of hydrogen-bond acceptors (Lipinski definition) is 1. The molecule has 1 amide bonds. The molecule has 3 fully saturated rings. The smallest absolute Gasteiger partial charge is 0.253 e. The summed E-state index contributed by atoms with van der Waals surface area (Å²) in [5.74, 6) is 2.93. The monoisotopic (exact) mass is 350 g/mol. The van der Waals surface area contributed by atoms with Crippen molar-refractivity contribution in [3.05, 3.63) is 35.5 Å². The Labute approximate surface area is 156 Å². The van der Waals surface area contributed by atoms with Crippen molar-refractivity contribution in [1.29, 1.82) is 0 Å². The van der Waals surface area contributed by atoms with Gasteiger partial charge in [-0.15, -0.1) is 0 Å². The van der Waals surface area contributed by atoms with Crippen molar-refractivity contribution in [3.63, 3.8) is 0 Å². The molecule has 5 rings (SSSR count). The Bertz CT molecular complexity index is 862. The molecule has 3 nitrogen and oxygen atoms in total. The van der Waals surface area contributed by atoms with Gasteiger partial charge in [-0.05, 0) is 74.8 Å². The van der Waals surface area contributed by atoms with Crippen LogP contribution in [0.25, 0.3) is 10.9 Å². The van der Waals surface area contributed by atoms with Crippen LogP contribution in [-0.2, 0) is 6.54 Å². The fourth-order valence-electron chi connectivity index (χ4n) is 6.61. The normalized spacial score (nSPS) is 32.3. The Hall–Kier alpha value is -1.77. The topological polar surface area (TPSA) is 34.0 Å². The van der Waals surface area contributed by atoms with Crippen LogP contribution in [0.3, 0.4) is 0 Å². The van der Waals surface area contributed by atoms with E-state index in [0.29, 0.717) is 5.41 Å². The first kappa shape index (κ1) is 16.4. The number of hydrogen-bond donors (Lipinski definition) is 1. The van der Waals surface area contributed by atoms with E-state index in [9.17, 15) is 4.79 Å². The molecule has 3 heteroatoms. The summed E-state index contributed by atoms with van der Waals surface area (Å²) in [7, 11) is 0. The van der Waals surface area contributed by atoms with Gasteiger partial charge in [0.1, 0.15) is 0 Å². The molecule has 0 saturated heterocycles. The maximum absolute atomic E-state index is 13.1. The molecule has 1 heterocycles. The van der Waals surface area contributed by atoms with Gasteiger partial charge in [0.15, 0.2) is 0 Å². The molecule has 0 bridgehead atoms. The number of rotatable bonds is 4. The highest BCUT2D eigenvalue weighted by Gasteiger charge is 2.58. The number of amides is 1. The van der Waals surface area contributed by atoms with Gasteiger partial charge in [0.2, 0.25) is 0 Å². The number of carbonyl (C=O) groups excluding carboxylic acids is 1. The first-order valence-electron chi connectivity index (χ1n) is 10.5. The molecule has 2 aromatic rings. The Morgan fingerprint density at radius 3 is 2.96 bits per heavy atom. The lowest BCUT2D eigenvalue weighted by Gasteiger charge is -2.53. The molecule has 1 N–H and O–H groups in total. The second kappa shape index (κ2) is 5.87. The van der Waals surface area contributed by atoms with Crippen LogP contribution in [0, 0.1) is 30.1 Å². The molecule has 0 aliphatic heterocycles. The molecule has 26 heavy (non-hydrogen) atoms. The second-order valence-electron chi connectivity index (χ2n) is 9.11. The number of nitrogens with zero attached hydrogens (tertiary/aromatic N) is 1. The molecule has 138 valence electrons. The summed E-state index contributed by atoms with van der Waals surface area (Å²) in [5, 5.41) is 4.46.